The monoisotopic (exact) mass is 523 g/mol. The largest absolute Gasteiger partial charge is 0.309 e. The molecular weight excluding hydrogens is 498 g/mol. The van der Waals surface area contributed by atoms with Crippen molar-refractivity contribution in [2.75, 3.05) is 0 Å². The van der Waals surface area contributed by atoms with Crippen LogP contribution in [-0.2, 0) is 6.42 Å². The van der Waals surface area contributed by atoms with Crippen molar-refractivity contribution in [2.24, 2.45) is 0 Å². The Hall–Kier alpha value is -5.41. The molecule has 0 spiro atoms. The van der Waals surface area contributed by atoms with Gasteiger partial charge in [-0.1, -0.05) is 91.0 Å². The van der Waals surface area contributed by atoms with E-state index in [0.717, 1.165) is 23.1 Å². The van der Waals surface area contributed by atoms with Crippen LogP contribution in [0.2, 0.25) is 0 Å². The van der Waals surface area contributed by atoms with Gasteiger partial charge in [0.05, 0.1) is 27.8 Å². The van der Waals surface area contributed by atoms with Gasteiger partial charge in [-0.25, -0.2) is 4.98 Å². The van der Waals surface area contributed by atoms with Crippen LogP contribution in [-0.4, -0.2) is 14.0 Å². The molecule has 0 unspecified atom stereocenters. The number of para-hydroxylation sites is 4. The molecule has 192 valence electrons. The lowest BCUT2D eigenvalue weighted by Gasteiger charge is -2.15. The minimum Gasteiger partial charge on any atom is -0.309 e. The van der Waals surface area contributed by atoms with E-state index in [2.05, 4.69) is 149 Å². The standard InChI is InChI=1S/C38H25N3/c1-2-10-30-32-24-26(20-23-31(32)38-39-33-13-6-9-17-37(33)41(38)36(30)14-3-1)25-18-21-27(22-19-25)40-34-15-7-4-11-28(34)29-12-5-8-16-35(29)40/h1-9,11-24H,10H2. The molecule has 3 heteroatoms. The lowest BCUT2D eigenvalue weighted by atomic mass is 9.96. The van der Waals surface area contributed by atoms with Crippen LogP contribution in [0.25, 0.3) is 72.1 Å². The molecule has 0 aliphatic heterocycles. The molecule has 0 saturated carbocycles. The van der Waals surface area contributed by atoms with Gasteiger partial charge in [-0.05, 0) is 77.0 Å². The number of pyridine rings is 1. The van der Waals surface area contributed by atoms with E-state index >= 15 is 0 Å². The van der Waals surface area contributed by atoms with E-state index in [1.165, 1.54) is 60.6 Å². The summed E-state index contributed by atoms with van der Waals surface area (Å²) in [5.74, 6) is 0. The van der Waals surface area contributed by atoms with E-state index in [4.69, 9.17) is 4.98 Å². The van der Waals surface area contributed by atoms with E-state index in [1.807, 2.05) is 0 Å². The van der Waals surface area contributed by atoms with Gasteiger partial charge in [0.15, 0.2) is 0 Å². The summed E-state index contributed by atoms with van der Waals surface area (Å²) in [4.78, 5) is 5.08. The van der Waals surface area contributed by atoms with Gasteiger partial charge in [-0.15, -0.1) is 0 Å². The molecule has 0 N–H and O–H groups in total. The van der Waals surface area contributed by atoms with Crippen LogP contribution in [0, 0.1) is 0 Å². The quantitative estimate of drug-likeness (QED) is 0.221. The maximum Gasteiger partial charge on any atom is 0.146 e. The third-order valence-corrected chi connectivity index (χ3v) is 8.56. The molecule has 3 aromatic heterocycles. The first-order chi connectivity index (χ1) is 20.3. The van der Waals surface area contributed by atoms with Crippen molar-refractivity contribution >= 4 is 55.3 Å². The van der Waals surface area contributed by atoms with Crippen molar-refractivity contribution in [1.29, 1.82) is 0 Å². The summed E-state index contributed by atoms with van der Waals surface area (Å²) in [6.45, 7) is 0. The minimum atomic E-state index is 0.886. The normalized spacial score (nSPS) is 13.1. The molecule has 1 aliphatic rings. The molecule has 5 aromatic carbocycles. The first-order valence-electron chi connectivity index (χ1n) is 14.1. The molecule has 0 amide bonds. The molecule has 3 heterocycles. The Labute approximate surface area is 236 Å². The van der Waals surface area contributed by atoms with Crippen molar-refractivity contribution in [3.05, 3.63) is 145 Å². The molecule has 9 rings (SSSR count). The number of imidazole rings is 1. The Morgan fingerprint density at radius 1 is 0.561 bits per heavy atom. The third kappa shape index (κ3) is 3.23. The summed E-state index contributed by atoms with van der Waals surface area (Å²) in [5, 5.41) is 5.02. The fourth-order valence-electron chi connectivity index (χ4n) is 6.70. The van der Waals surface area contributed by atoms with Gasteiger partial charge in [0.2, 0.25) is 0 Å². The van der Waals surface area contributed by atoms with Crippen LogP contribution in [0.3, 0.4) is 0 Å². The first-order valence-corrected chi connectivity index (χ1v) is 14.1. The highest BCUT2D eigenvalue weighted by Gasteiger charge is 2.18. The highest BCUT2D eigenvalue weighted by Crippen LogP contribution is 2.36. The molecule has 0 radical (unpaired) electrons. The van der Waals surface area contributed by atoms with E-state index in [0.29, 0.717) is 0 Å². The topological polar surface area (TPSA) is 22.2 Å². The summed E-state index contributed by atoms with van der Waals surface area (Å²) in [6.07, 6.45) is 9.65. The Bertz CT molecular complexity index is 2330. The average molecular weight is 524 g/mol. The molecule has 1 aliphatic carbocycles. The van der Waals surface area contributed by atoms with Gasteiger partial charge in [-0.3, -0.25) is 4.40 Å². The zero-order valence-corrected chi connectivity index (χ0v) is 22.3. The van der Waals surface area contributed by atoms with Gasteiger partial charge in [-0.2, -0.15) is 0 Å². The summed E-state index contributed by atoms with van der Waals surface area (Å²) >= 11 is 0. The van der Waals surface area contributed by atoms with Crippen LogP contribution in [0.1, 0.15) is 11.3 Å². The molecule has 0 fully saturated rings. The second kappa shape index (κ2) is 8.54. The highest BCUT2D eigenvalue weighted by atomic mass is 15.0. The SMILES string of the molecule is C1=CCc2c(n3c4ccccc4nc3c3ccc(-c4ccc(-n5c6ccccc6c6ccccc65)cc4)cc23)C=C1. The van der Waals surface area contributed by atoms with Crippen LogP contribution >= 0.6 is 0 Å². The fraction of sp³-hybridized carbons (Fsp3) is 0.0263. The number of benzene rings is 5. The average Bonchev–Trinajstić information content (AvgIpc) is 3.47. The molecule has 8 aromatic rings. The molecule has 41 heavy (non-hydrogen) atoms. The molecule has 0 atom stereocenters. The zero-order chi connectivity index (χ0) is 26.9. The molecule has 3 nitrogen and oxygen atoms in total. The number of rotatable bonds is 2. The molecule has 0 bridgehead atoms. The summed E-state index contributed by atoms with van der Waals surface area (Å²) in [5.41, 5.74) is 11.8. The second-order valence-electron chi connectivity index (χ2n) is 10.8. The maximum absolute atomic E-state index is 5.08. The summed E-state index contributed by atoms with van der Waals surface area (Å²) in [7, 11) is 0. The smallest absolute Gasteiger partial charge is 0.146 e. The molecular formula is C38H25N3. The predicted molar refractivity (Wildman–Crippen MR) is 172 cm³/mol. The highest BCUT2D eigenvalue weighted by molar-refractivity contribution is 6.09. The first kappa shape index (κ1) is 22.4. The lowest BCUT2D eigenvalue weighted by Crippen LogP contribution is -2.00. The van der Waals surface area contributed by atoms with Gasteiger partial charge in [0.1, 0.15) is 5.65 Å². The lowest BCUT2D eigenvalue weighted by molar-refractivity contribution is 1.15. The Morgan fingerprint density at radius 2 is 1.24 bits per heavy atom. The number of hydrogen-bond donors (Lipinski definition) is 0. The summed E-state index contributed by atoms with van der Waals surface area (Å²) < 4.78 is 4.70. The van der Waals surface area contributed by atoms with Gasteiger partial charge < -0.3 is 4.57 Å². The Morgan fingerprint density at radius 3 is 2.02 bits per heavy atom. The second-order valence-corrected chi connectivity index (χ2v) is 10.8. The van der Waals surface area contributed by atoms with Gasteiger partial charge in [0, 0.05) is 21.8 Å². The number of aromatic nitrogens is 3. The van der Waals surface area contributed by atoms with Crippen LogP contribution < -0.4 is 0 Å². The Balaban J connectivity index is 1.23. The number of allylic oxidation sites excluding steroid dienone is 3. The van der Waals surface area contributed by atoms with E-state index in [-0.39, 0.29) is 0 Å². The fourth-order valence-corrected chi connectivity index (χ4v) is 6.70. The number of hydrogen-bond acceptors (Lipinski definition) is 1. The van der Waals surface area contributed by atoms with E-state index in [9.17, 15) is 0 Å². The van der Waals surface area contributed by atoms with Crippen LogP contribution in [0.15, 0.2) is 133 Å². The van der Waals surface area contributed by atoms with Gasteiger partial charge in [0.25, 0.3) is 0 Å². The molecule has 0 saturated heterocycles. The van der Waals surface area contributed by atoms with E-state index in [1.54, 1.807) is 0 Å². The zero-order valence-electron chi connectivity index (χ0n) is 22.3. The van der Waals surface area contributed by atoms with Crippen molar-refractivity contribution in [3.8, 4) is 16.8 Å². The third-order valence-electron chi connectivity index (χ3n) is 8.56. The van der Waals surface area contributed by atoms with Crippen LogP contribution in [0.5, 0.6) is 0 Å². The predicted octanol–water partition coefficient (Wildman–Crippen LogP) is 9.53. The number of fused-ring (bicyclic) bond motifs is 11. The van der Waals surface area contributed by atoms with Crippen LogP contribution in [0.4, 0.5) is 0 Å². The summed E-state index contributed by atoms with van der Waals surface area (Å²) in [6, 6.07) is 41.6. The van der Waals surface area contributed by atoms with E-state index < -0.39 is 0 Å². The maximum atomic E-state index is 5.08. The Kier molecular flexibility index (Phi) is 4.67. The minimum absolute atomic E-state index is 0.886. The van der Waals surface area contributed by atoms with Crippen molar-refractivity contribution in [1.82, 2.24) is 14.0 Å². The van der Waals surface area contributed by atoms with Crippen molar-refractivity contribution in [3.63, 3.8) is 0 Å². The number of nitrogens with zero attached hydrogens (tertiary/aromatic N) is 3. The van der Waals surface area contributed by atoms with Gasteiger partial charge >= 0.3 is 0 Å². The van der Waals surface area contributed by atoms with Crippen molar-refractivity contribution in [2.45, 2.75) is 6.42 Å². The van der Waals surface area contributed by atoms with Crippen molar-refractivity contribution < 1.29 is 0 Å².